The van der Waals surface area contributed by atoms with Crippen molar-refractivity contribution in [2.24, 2.45) is 0 Å². The zero-order valence-corrected chi connectivity index (χ0v) is 30.6. The average molecular weight is 734 g/mol. The third kappa shape index (κ3) is 16.2. The summed E-state index contributed by atoms with van der Waals surface area (Å²) in [6, 6.07) is -0.910. The Morgan fingerprint density at radius 1 is 0.686 bits per heavy atom. The van der Waals surface area contributed by atoms with Crippen molar-refractivity contribution in [1.82, 2.24) is 5.32 Å². The number of carbonyl (C=O) groups is 1. The molecule has 2 fully saturated rings. The fraction of sp³-hybridized carbons (Fsp3) is 0.865. The van der Waals surface area contributed by atoms with Crippen molar-refractivity contribution < 1.29 is 64.6 Å². The van der Waals surface area contributed by atoms with Gasteiger partial charge >= 0.3 is 0 Å². The first-order valence-electron chi connectivity index (χ1n) is 19.1. The van der Waals surface area contributed by atoms with Gasteiger partial charge in [-0.2, -0.15) is 0 Å². The molecular weight excluding hydrogens is 666 g/mol. The molecule has 12 atom stereocenters. The predicted molar refractivity (Wildman–Crippen MR) is 189 cm³/mol. The van der Waals surface area contributed by atoms with Crippen LogP contribution in [0.15, 0.2) is 24.3 Å². The van der Waals surface area contributed by atoms with Crippen LogP contribution < -0.4 is 5.32 Å². The first-order chi connectivity index (χ1) is 24.6. The van der Waals surface area contributed by atoms with Gasteiger partial charge in [-0.25, -0.2) is 0 Å². The topological polar surface area (TPSA) is 228 Å². The van der Waals surface area contributed by atoms with Crippen molar-refractivity contribution in [2.45, 2.75) is 184 Å². The molecule has 0 aliphatic carbocycles. The second-order valence-electron chi connectivity index (χ2n) is 13.7. The molecule has 2 aliphatic rings. The fourth-order valence-corrected chi connectivity index (χ4v) is 6.10. The van der Waals surface area contributed by atoms with Gasteiger partial charge in [-0.15, -0.1) is 0 Å². The highest BCUT2D eigenvalue weighted by Gasteiger charge is 2.50. The Kier molecular flexibility index (Phi) is 23.5. The number of aliphatic hydroxyl groups excluding tert-OH is 8. The molecule has 0 aromatic heterocycles. The SMILES string of the molecule is CCCCC/C=C\CCCCCCCC(=O)NC(COC1OC(CO)C(OC2OC(CO)C(O)C(O)C2O)C(O)C1O)C(O)/C=C/CCCCC. The molecule has 0 radical (unpaired) electrons. The van der Waals surface area contributed by atoms with Crippen molar-refractivity contribution >= 4 is 5.91 Å². The second-order valence-corrected chi connectivity index (χ2v) is 13.7. The van der Waals surface area contributed by atoms with E-state index in [1.807, 2.05) is 6.08 Å². The summed E-state index contributed by atoms with van der Waals surface area (Å²) in [4.78, 5) is 12.9. The molecule has 0 saturated carbocycles. The van der Waals surface area contributed by atoms with Crippen LogP contribution in [0.5, 0.6) is 0 Å². The Balaban J connectivity index is 1.93. The molecule has 2 saturated heterocycles. The average Bonchev–Trinajstić information content (AvgIpc) is 3.12. The molecule has 0 aromatic carbocycles. The van der Waals surface area contributed by atoms with Gasteiger partial charge in [0.1, 0.15) is 48.8 Å². The van der Waals surface area contributed by atoms with Crippen LogP contribution in [-0.2, 0) is 23.7 Å². The molecule has 51 heavy (non-hydrogen) atoms. The van der Waals surface area contributed by atoms with Gasteiger partial charge in [-0.05, 0) is 44.9 Å². The summed E-state index contributed by atoms with van der Waals surface area (Å²) in [5.74, 6) is -0.261. The number of allylic oxidation sites excluding steroid dienone is 3. The fourth-order valence-electron chi connectivity index (χ4n) is 6.10. The lowest BCUT2D eigenvalue weighted by Gasteiger charge is -2.46. The monoisotopic (exact) mass is 733 g/mol. The standard InChI is InChI=1S/C37H67NO13/c1-3-5-7-9-10-11-12-13-14-15-17-19-21-29(42)38-25(26(41)20-18-16-8-6-4-2)24-48-36-34(47)32(45)35(28(23-40)50-36)51-37-33(46)31(44)30(43)27(22-39)49-37/h10-11,18,20,25-28,30-37,39-41,43-47H,3-9,12-17,19,21-24H2,1-2H3,(H,38,42)/b11-10-,20-18+. The normalized spacial score (nSPS) is 31.3. The number of ether oxygens (including phenoxy) is 4. The van der Waals surface area contributed by atoms with Crippen LogP contribution in [0.3, 0.4) is 0 Å². The Labute approximate surface area is 303 Å². The van der Waals surface area contributed by atoms with Crippen LogP contribution in [-0.4, -0.2) is 140 Å². The second kappa shape index (κ2) is 26.3. The van der Waals surface area contributed by atoms with Crippen LogP contribution >= 0.6 is 0 Å². The van der Waals surface area contributed by atoms with Gasteiger partial charge in [0.05, 0.1) is 32.0 Å². The van der Waals surface area contributed by atoms with E-state index in [9.17, 15) is 45.6 Å². The number of amides is 1. The summed E-state index contributed by atoms with van der Waals surface area (Å²) < 4.78 is 22.4. The van der Waals surface area contributed by atoms with Crippen LogP contribution in [0, 0.1) is 0 Å². The molecule has 0 spiro atoms. The van der Waals surface area contributed by atoms with Crippen molar-refractivity contribution in [3.05, 3.63) is 24.3 Å². The lowest BCUT2D eigenvalue weighted by molar-refractivity contribution is -0.359. The van der Waals surface area contributed by atoms with Gasteiger partial charge < -0.3 is 65.1 Å². The predicted octanol–water partition coefficient (Wildman–Crippen LogP) is 1.48. The minimum absolute atomic E-state index is 0.261. The zero-order valence-electron chi connectivity index (χ0n) is 30.6. The van der Waals surface area contributed by atoms with Gasteiger partial charge in [0.25, 0.3) is 0 Å². The van der Waals surface area contributed by atoms with E-state index in [1.165, 1.54) is 19.3 Å². The molecule has 1 amide bonds. The van der Waals surface area contributed by atoms with Gasteiger partial charge in [-0.1, -0.05) is 83.1 Å². The Morgan fingerprint density at radius 2 is 1.24 bits per heavy atom. The Hall–Kier alpha value is -1.53. The van der Waals surface area contributed by atoms with E-state index in [1.54, 1.807) is 6.08 Å². The van der Waals surface area contributed by atoms with E-state index in [2.05, 4.69) is 31.3 Å². The van der Waals surface area contributed by atoms with E-state index in [-0.39, 0.29) is 18.9 Å². The molecule has 12 unspecified atom stereocenters. The third-order valence-corrected chi connectivity index (χ3v) is 9.38. The molecule has 0 aromatic rings. The van der Waals surface area contributed by atoms with Crippen LogP contribution in [0.1, 0.15) is 110 Å². The first-order valence-corrected chi connectivity index (χ1v) is 19.1. The minimum Gasteiger partial charge on any atom is -0.394 e. The van der Waals surface area contributed by atoms with E-state index >= 15 is 0 Å². The van der Waals surface area contributed by atoms with E-state index in [0.29, 0.717) is 6.42 Å². The molecule has 14 heteroatoms. The highest BCUT2D eigenvalue weighted by molar-refractivity contribution is 5.76. The van der Waals surface area contributed by atoms with Crippen molar-refractivity contribution in [1.29, 1.82) is 0 Å². The number of unbranched alkanes of at least 4 members (excludes halogenated alkanes) is 11. The van der Waals surface area contributed by atoms with Gasteiger partial charge in [0.2, 0.25) is 5.91 Å². The zero-order chi connectivity index (χ0) is 37.6. The number of nitrogens with one attached hydrogen (secondary N) is 1. The Bertz CT molecular complexity index is 967. The highest BCUT2D eigenvalue weighted by atomic mass is 16.7. The quantitative estimate of drug-likeness (QED) is 0.0454. The first kappa shape index (κ1) is 45.6. The number of hydrogen-bond acceptors (Lipinski definition) is 13. The maximum atomic E-state index is 12.9. The lowest BCUT2D eigenvalue weighted by atomic mass is 9.97. The summed E-state index contributed by atoms with van der Waals surface area (Å²) in [6.07, 6.45) is 5.86. The minimum atomic E-state index is -1.78. The number of carbonyl (C=O) groups excluding carboxylic acids is 1. The number of aliphatic hydroxyl groups is 8. The number of rotatable bonds is 26. The van der Waals surface area contributed by atoms with Crippen LogP contribution in [0.4, 0.5) is 0 Å². The summed E-state index contributed by atoms with van der Waals surface area (Å²) >= 11 is 0. The lowest BCUT2D eigenvalue weighted by Crippen LogP contribution is -2.65. The molecule has 14 nitrogen and oxygen atoms in total. The molecule has 2 aliphatic heterocycles. The third-order valence-electron chi connectivity index (χ3n) is 9.38. The molecule has 9 N–H and O–H groups in total. The van der Waals surface area contributed by atoms with E-state index in [0.717, 1.165) is 64.2 Å². The molecular formula is C37H67NO13. The molecule has 298 valence electrons. The molecule has 2 rings (SSSR count). The highest BCUT2D eigenvalue weighted by Crippen LogP contribution is 2.29. The van der Waals surface area contributed by atoms with Gasteiger partial charge in [-0.3, -0.25) is 4.79 Å². The Morgan fingerprint density at radius 3 is 1.86 bits per heavy atom. The van der Waals surface area contributed by atoms with Crippen LogP contribution in [0.25, 0.3) is 0 Å². The van der Waals surface area contributed by atoms with Crippen molar-refractivity contribution in [3.8, 4) is 0 Å². The van der Waals surface area contributed by atoms with Gasteiger partial charge in [0.15, 0.2) is 12.6 Å². The summed E-state index contributed by atoms with van der Waals surface area (Å²) in [7, 11) is 0. The van der Waals surface area contributed by atoms with Crippen molar-refractivity contribution in [2.75, 3.05) is 19.8 Å². The maximum absolute atomic E-state index is 12.9. The summed E-state index contributed by atoms with van der Waals surface area (Å²) in [5.41, 5.74) is 0. The van der Waals surface area contributed by atoms with Crippen LogP contribution in [0.2, 0.25) is 0 Å². The van der Waals surface area contributed by atoms with Crippen molar-refractivity contribution in [3.63, 3.8) is 0 Å². The molecule has 2 heterocycles. The largest absolute Gasteiger partial charge is 0.394 e. The van der Waals surface area contributed by atoms with E-state index < -0.39 is 86.8 Å². The molecule has 0 bridgehead atoms. The summed E-state index contributed by atoms with van der Waals surface area (Å²) in [5, 5.41) is 85.6. The van der Waals surface area contributed by atoms with Gasteiger partial charge in [0, 0.05) is 6.42 Å². The van der Waals surface area contributed by atoms with E-state index in [4.69, 9.17) is 18.9 Å². The maximum Gasteiger partial charge on any atom is 0.220 e. The number of hydrogen-bond donors (Lipinski definition) is 9. The summed E-state index contributed by atoms with van der Waals surface area (Å²) in [6.45, 7) is 2.57. The smallest absolute Gasteiger partial charge is 0.220 e.